The van der Waals surface area contributed by atoms with Gasteiger partial charge in [-0.3, -0.25) is 4.57 Å². The highest BCUT2D eigenvalue weighted by Gasteiger charge is 2.23. The first-order valence-electron chi connectivity index (χ1n) is 7.21. The maximum Gasteiger partial charge on any atom is 0.328 e. The summed E-state index contributed by atoms with van der Waals surface area (Å²) in [7, 11) is 0. The van der Waals surface area contributed by atoms with Crippen LogP contribution < -0.4 is 0 Å². The Labute approximate surface area is 137 Å². The highest BCUT2D eigenvalue weighted by molar-refractivity contribution is 7.15. The van der Waals surface area contributed by atoms with Crippen LogP contribution in [0.1, 0.15) is 31.3 Å². The van der Waals surface area contributed by atoms with Crippen LogP contribution in [0.5, 0.6) is 0 Å². The molecular weight excluding hydrogens is 310 g/mol. The fraction of sp³-hybridized carbons (Fsp3) is 0.235. The number of rotatable bonds is 3. The van der Waals surface area contributed by atoms with Crippen molar-refractivity contribution < 1.29 is 9.90 Å². The van der Waals surface area contributed by atoms with E-state index >= 15 is 0 Å². The fourth-order valence-corrected chi connectivity index (χ4v) is 3.49. The minimum absolute atomic E-state index is 0.177. The third-order valence-electron chi connectivity index (χ3n) is 3.39. The zero-order chi connectivity index (χ0) is 16.6. The largest absolute Gasteiger partial charge is 0.478 e. The molecule has 0 atom stereocenters. The van der Waals surface area contributed by atoms with Gasteiger partial charge in [-0.25, -0.2) is 14.8 Å². The normalized spacial score (nSPS) is 12.3. The van der Waals surface area contributed by atoms with E-state index in [1.54, 1.807) is 12.4 Å². The average Bonchev–Trinajstić information content (AvgIpc) is 3.08. The summed E-state index contributed by atoms with van der Waals surface area (Å²) in [5.74, 6) is -0.965. The SMILES string of the molecule is CC(C)(C)c1nc(-n2cnc3ccccc32)sc1C=CC(=O)O. The molecule has 0 unspecified atom stereocenters. The van der Waals surface area contributed by atoms with Crippen molar-refractivity contribution in [3.8, 4) is 5.13 Å². The molecule has 5 nitrogen and oxygen atoms in total. The summed E-state index contributed by atoms with van der Waals surface area (Å²) in [5.41, 5.74) is 2.59. The number of fused-ring (bicyclic) bond motifs is 1. The van der Waals surface area contributed by atoms with Gasteiger partial charge in [-0.2, -0.15) is 0 Å². The van der Waals surface area contributed by atoms with Crippen molar-refractivity contribution in [3.05, 3.63) is 47.2 Å². The summed E-state index contributed by atoms with van der Waals surface area (Å²) >= 11 is 1.46. The van der Waals surface area contributed by atoms with E-state index < -0.39 is 5.97 Å². The number of hydrogen-bond acceptors (Lipinski definition) is 4. The third kappa shape index (κ3) is 3.03. The van der Waals surface area contributed by atoms with Gasteiger partial charge >= 0.3 is 5.97 Å². The molecule has 118 valence electrons. The number of para-hydroxylation sites is 2. The Hall–Kier alpha value is -2.47. The molecule has 0 spiro atoms. The number of imidazole rings is 1. The maximum absolute atomic E-state index is 10.8. The molecule has 3 rings (SSSR count). The molecule has 0 fully saturated rings. The number of carbonyl (C=O) groups is 1. The quantitative estimate of drug-likeness (QED) is 0.741. The zero-order valence-electron chi connectivity index (χ0n) is 13.1. The summed E-state index contributed by atoms with van der Waals surface area (Å²) < 4.78 is 1.94. The van der Waals surface area contributed by atoms with Crippen molar-refractivity contribution in [2.75, 3.05) is 0 Å². The molecule has 23 heavy (non-hydrogen) atoms. The number of benzene rings is 1. The van der Waals surface area contributed by atoms with Crippen LogP contribution in [0.2, 0.25) is 0 Å². The molecule has 0 amide bonds. The number of carboxylic acids is 1. The molecular formula is C17H17N3O2S. The fourth-order valence-electron chi connectivity index (χ4n) is 2.33. The maximum atomic E-state index is 10.8. The molecule has 6 heteroatoms. The van der Waals surface area contributed by atoms with E-state index in [9.17, 15) is 4.79 Å². The predicted octanol–water partition coefficient (Wildman–Crippen LogP) is 3.88. The van der Waals surface area contributed by atoms with Crippen LogP contribution >= 0.6 is 11.3 Å². The minimum atomic E-state index is -0.965. The van der Waals surface area contributed by atoms with Crippen molar-refractivity contribution in [3.63, 3.8) is 0 Å². The van der Waals surface area contributed by atoms with Crippen LogP contribution in [-0.4, -0.2) is 25.6 Å². The molecule has 1 aromatic carbocycles. The summed E-state index contributed by atoms with van der Waals surface area (Å²) in [4.78, 5) is 20.8. The van der Waals surface area contributed by atoms with Gasteiger partial charge < -0.3 is 5.11 Å². The Kier molecular flexibility index (Phi) is 3.77. The second kappa shape index (κ2) is 5.62. The van der Waals surface area contributed by atoms with E-state index in [-0.39, 0.29) is 5.41 Å². The van der Waals surface area contributed by atoms with Gasteiger partial charge in [-0.05, 0) is 18.2 Å². The van der Waals surface area contributed by atoms with Crippen molar-refractivity contribution in [2.24, 2.45) is 0 Å². The number of nitrogens with zero attached hydrogens (tertiary/aromatic N) is 3. The monoisotopic (exact) mass is 327 g/mol. The van der Waals surface area contributed by atoms with Crippen molar-refractivity contribution in [2.45, 2.75) is 26.2 Å². The zero-order valence-corrected chi connectivity index (χ0v) is 14.0. The van der Waals surface area contributed by atoms with Gasteiger partial charge in [0.25, 0.3) is 0 Å². The molecule has 2 heterocycles. The van der Waals surface area contributed by atoms with E-state index in [0.717, 1.165) is 32.8 Å². The molecule has 0 bridgehead atoms. The van der Waals surface area contributed by atoms with E-state index in [2.05, 4.69) is 25.8 Å². The van der Waals surface area contributed by atoms with E-state index in [0.29, 0.717) is 0 Å². The van der Waals surface area contributed by atoms with Gasteiger partial charge in [-0.15, -0.1) is 0 Å². The van der Waals surface area contributed by atoms with Crippen molar-refractivity contribution >= 4 is 34.4 Å². The molecule has 1 N–H and O–H groups in total. The van der Waals surface area contributed by atoms with Crippen LogP contribution in [0, 0.1) is 0 Å². The Morgan fingerprint density at radius 3 is 2.74 bits per heavy atom. The average molecular weight is 327 g/mol. The Morgan fingerprint density at radius 1 is 1.30 bits per heavy atom. The molecule has 3 aromatic rings. The van der Waals surface area contributed by atoms with Crippen LogP contribution in [0.25, 0.3) is 22.2 Å². The molecule has 0 saturated carbocycles. The van der Waals surface area contributed by atoms with Gasteiger partial charge in [0.05, 0.1) is 21.6 Å². The molecule has 0 radical (unpaired) electrons. The topological polar surface area (TPSA) is 68.0 Å². The smallest absolute Gasteiger partial charge is 0.328 e. The van der Waals surface area contributed by atoms with Crippen LogP contribution in [-0.2, 0) is 10.2 Å². The first-order valence-corrected chi connectivity index (χ1v) is 8.02. The van der Waals surface area contributed by atoms with Crippen LogP contribution in [0.4, 0.5) is 0 Å². The van der Waals surface area contributed by atoms with Crippen molar-refractivity contribution in [1.29, 1.82) is 0 Å². The summed E-state index contributed by atoms with van der Waals surface area (Å²) in [6, 6.07) is 7.86. The molecule has 0 aliphatic rings. The van der Waals surface area contributed by atoms with Gasteiger partial charge in [0.15, 0.2) is 5.13 Å². The standard InChI is InChI=1S/C17H17N3O2S/c1-17(2,3)15-13(8-9-14(21)22)23-16(19-15)20-10-18-11-6-4-5-7-12(11)20/h4-10H,1-3H3,(H,21,22). The second-order valence-electron chi connectivity index (χ2n) is 6.23. The lowest BCUT2D eigenvalue weighted by Gasteiger charge is -2.16. The van der Waals surface area contributed by atoms with Crippen LogP contribution in [0.3, 0.4) is 0 Å². The van der Waals surface area contributed by atoms with E-state index in [1.165, 1.54) is 11.3 Å². The highest BCUT2D eigenvalue weighted by atomic mass is 32.1. The number of aromatic nitrogens is 3. The summed E-state index contributed by atoms with van der Waals surface area (Å²) in [6.07, 6.45) is 4.52. The molecule has 0 aliphatic heterocycles. The third-order valence-corrected chi connectivity index (χ3v) is 4.41. The van der Waals surface area contributed by atoms with E-state index in [4.69, 9.17) is 10.1 Å². The Morgan fingerprint density at radius 2 is 2.04 bits per heavy atom. The van der Waals surface area contributed by atoms with Gasteiger partial charge in [0.2, 0.25) is 0 Å². The predicted molar refractivity (Wildman–Crippen MR) is 92.1 cm³/mol. The van der Waals surface area contributed by atoms with Crippen molar-refractivity contribution in [1.82, 2.24) is 14.5 Å². The van der Waals surface area contributed by atoms with E-state index in [1.807, 2.05) is 28.8 Å². The van der Waals surface area contributed by atoms with Gasteiger partial charge in [0.1, 0.15) is 6.33 Å². The summed E-state index contributed by atoms with van der Waals surface area (Å²) in [6.45, 7) is 6.20. The number of aliphatic carboxylic acids is 1. The Balaban J connectivity index is 2.15. The molecule has 2 aromatic heterocycles. The number of hydrogen-bond donors (Lipinski definition) is 1. The minimum Gasteiger partial charge on any atom is -0.478 e. The van der Waals surface area contributed by atoms with Crippen LogP contribution in [0.15, 0.2) is 36.7 Å². The number of carboxylic acid groups (broad SMARTS) is 1. The second-order valence-corrected chi connectivity index (χ2v) is 7.24. The molecule has 0 aliphatic carbocycles. The van der Waals surface area contributed by atoms with Gasteiger partial charge in [-0.1, -0.05) is 44.2 Å². The summed E-state index contributed by atoms with van der Waals surface area (Å²) in [5, 5.41) is 9.67. The Bertz CT molecular complexity index is 900. The lowest BCUT2D eigenvalue weighted by molar-refractivity contribution is -0.131. The lowest BCUT2D eigenvalue weighted by Crippen LogP contribution is -2.13. The molecule has 0 saturated heterocycles. The lowest BCUT2D eigenvalue weighted by atomic mass is 9.91. The highest BCUT2D eigenvalue weighted by Crippen LogP contribution is 2.33. The number of thiazole rings is 1. The first kappa shape index (κ1) is 15.4. The first-order chi connectivity index (χ1) is 10.9. The van der Waals surface area contributed by atoms with Gasteiger partial charge in [0, 0.05) is 11.5 Å².